The van der Waals surface area contributed by atoms with Gasteiger partial charge in [-0.25, -0.2) is 0 Å². The molecule has 5 rings (SSSR count). The van der Waals surface area contributed by atoms with Crippen LogP contribution in [0.5, 0.6) is 0 Å². The number of para-hydroxylation sites is 1. The second-order valence-corrected chi connectivity index (χ2v) is 9.04. The monoisotopic (exact) mass is 505 g/mol. The maximum atomic E-state index is 12.5. The third kappa shape index (κ3) is 4.70. The van der Waals surface area contributed by atoms with E-state index in [1.807, 2.05) is 4.90 Å². The SMILES string of the molecule is O=C1N=C(N2CCN(c3ccc([N+](=O)[O-])cc3)CC2)S/C1=C/c1ccc(-c2ccccc2[N+](=O)[O-])o1. The van der Waals surface area contributed by atoms with Crippen molar-refractivity contribution in [2.24, 2.45) is 4.99 Å². The van der Waals surface area contributed by atoms with Crippen molar-refractivity contribution >= 4 is 46.0 Å². The first-order valence-electron chi connectivity index (χ1n) is 11.0. The molecule has 1 amide bonds. The number of piperazine rings is 1. The standard InChI is InChI=1S/C24H19N5O6S/c30-23-22(15-18-9-10-21(35-18)19-3-1-2-4-20(19)29(33)34)36-24(25-23)27-13-11-26(12-14-27)16-5-7-17(8-6-16)28(31)32/h1-10,15H,11-14H2/b22-15+. The molecular weight excluding hydrogens is 486 g/mol. The van der Waals surface area contributed by atoms with Gasteiger partial charge in [-0.3, -0.25) is 25.0 Å². The molecule has 2 aromatic carbocycles. The van der Waals surface area contributed by atoms with Gasteiger partial charge in [0.2, 0.25) is 0 Å². The fourth-order valence-electron chi connectivity index (χ4n) is 4.02. The van der Waals surface area contributed by atoms with Crippen LogP contribution in [0.4, 0.5) is 17.1 Å². The van der Waals surface area contributed by atoms with Crippen LogP contribution in [0.2, 0.25) is 0 Å². The van der Waals surface area contributed by atoms with Crippen molar-refractivity contribution in [1.29, 1.82) is 0 Å². The molecule has 0 N–H and O–H groups in total. The largest absolute Gasteiger partial charge is 0.456 e. The number of benzene rings is 2. The van der Waals surface area contributed by atoms with Crippen molar-refractivity contribution in [3.05, 3.63) is 91.6 Å². The van der Waals surface area contributed by atoms with Gasteiger partial charge in [-0.1, -0.05) is 12.1 Å². The van der Waals surface area contributed by atoms with Crippen LogP contribution in [0.15, 0.2) is 75.0 Å². The van der Waals surface area contributed by atoms with Crippen molar-refractivity contribution in [3.8, 4) is 11.3 Å². The Bertz CT molecular complexity index is 1410. The van der Waals surface area contributed by atoms with E-state index in [0.29, 0.717) is 53.3 Å². The number of thioether (sulfide) groups is 1. The van der Waals surface area contributed by atoms with Gasteiger partial charge in [-0.2, -0.15) is 4.99 Å². The fraction of sp³-hybridized carbons (Fsp3) is 0.167. The van der Waals surface area contributed by atoms with Crippen molar-refractivity contribution in [2.75, 3.05) is 31.1 Å². The molecule has 11 nitrogen and oxygen atoms in total. The number of amidine groups is 1. The van der Waals surface area contributed by atoms with Crippen molar-refractivity contribution in [1.82, 2.24) is 4.90 Å². The Balaban J connectivity index is 1.23. The second kappa shape index (κ2) is 9.66. The predicted octanol–water partition coefficient (Wildman–Crippen LogP) is 4.56. The number of amides is 1. The molecular formula is C24H19N5O6S. The summed E-state index contributed by atoms with van der Waals surface area (Å²) in [6.07, 6.45) is 1.59. The summed E-state index contributed by atoms with van der Waals surface area (Å²) in [4.78, 5) is 42.6. The van der Waals surface area contributed by atoms with Crippen LogP contribution >= 0.6 is 11.8 Å². The summed E-state index contributed by atoms with van der Waals surface area (Å²) in [6, 6.07) is 16.1. The number of rotatable bonds is 5. The Hall–Kier alpha value is -4.45. The Morgan fingerprint density at radius 2 is 1.58 bits per heavy atom. The van der Waals surface area contributed by atoms with Crippen LogP contribution in [-0.2, 0) is 4.79 Å². The zero-order chi connectivity index (χ0) is 25.2. The van der Waals surface area contributed by atoms with E-state index in [9.17, 15) is 25.0 Å². The minimum Gasteiger partial charge on any atom is -0.456 e. The lowest BCUT2D eigenvalue weighted by molar-refractivity contribution is -0.384. The maximum Gasteiger partial charge on any atom is 0.286 e. The lowest BCUT2D eigenvalue weighted by atomic mass is 10.1. The van der Waals surface area contributed by atoms with Gasteiger partial charge >= 0.3 is 0 Å². The average molecular weight is 506 g/mol. The second-order valence-electron chi connectivity index (χ2n) is 8.03. The van der Waals surface area contributed by atoms with Crippen molar-refractivity contribution < 1.29 is 19.1 Å². The van der Waals surface area contributed by atoms with Gasteiger partial charge in [0.25, 0.3) is 17.3 Å². The summed E-state index contributed by atoms with van der Waals surface area (Å²) in [7, 11) is 0. The third-order valence-corrected chi connectivity index (χ3v) is 6.90. The van der Waals surface area contributed by atoms with E-state index >= 15 is 0 Å². The molecule has 0 radical (unpaired) electrons. The smallest absolute Gasteiger partial charge is 0.286 e. The summed E-state index contributed by atoms with van der Waals surface area (Å²) < 4.78 is 5.78. The summed E-state index contributed by atoms with van der Waals surface area (Å²) in [6.45, 7) is 2.65. The molecule has 36 heavy (non-hydrogen) atoms. The van der Waals surface area contributed by atoms with E-state index in [4.69, 9.17) is 4.42 Å². The molecule has 0 bridgehead atoms. The summed E-state index contributed by atoms with van der Waals surface area (Å²) in [5.74, 6) is 0.378. The Morgan fingerprint density at radius 3 is 2.28 bits per heavy atom. The van der Waals surface area contributed by atoms with E-state index in [0.717, 1.165) is 5.69 Å². The highest BCUT2D eigenvalue weighted by molar-refractivity contribution is 8.18. The number of non-ortho nitro benzene ring substituents is 1. The molecule has 0 spiro atoms. The Morgan fingerprint density at radius 1 is 0.889 bits per heavy atom. The van der Waals surface area contributed by atoms with Crippen LogP contribution < -0.4 is 4.90 Å². The fourth-order valence-corrected chi connectivity index (χ4v) is 4.96. The lowest BCUT2D eigenvalue weighted by Crippen LogP contribution is -2.47. The molecule has 0 aliphatic carbocycles. The summed E-state index contributed by atoms with van der Waals surface area (Å²) >= 11 is 1.26. The van der Waals surface area contributed by atoms with Crippen LogP contribution in [0, 0.1) is 20.2 Å². The lowest BCUT2D eigenvalue weighted by Gasteiger charge is -2.36. The van der Waals surface area contributed by atoms with Crippen molar-refractivity contribution in [2.45, 2.75) is 0 Å². The van der Waals surface area contributed by atoms with Gasteiger partial charge in [0.15, 0.2) is 5.17 Å². The molecule has 0 atom stereocenters. The summed E-state index contributed by atoms with van der Waals surface area (Å²) in [5, 5.41) is 22.8. The molecule has 0 saturated carbocycles. The zero-order valence-electron chi connectivity index (χ0n) is 18.8. The zero-order valence-corrected chi connectivity index (χ0v) is 19.6. The van der Waals surface area contributed by atoms with Gasteiger partial charge in [0, 0.05) is 56.1 Å². The highest BCUT2D eigenvalue weighted by Crippen LogP contribution is 2.34. The number of furan rings is 1. The number of anilines is 1. The number of nitro groups is 2. The Kier molecular flexibility index (Phi) is 6.25. The van der Waals surface area contributed by atoms with Gasteiger partial charge in [0.05, 0.1) is 20.3 Å². The number of hydrogen-bond donors (Lipinski definition) is 0. The third-order valence-electron chi connectivity index (χ3n) is 5.85. The first-order valence-corrected chi connectivity index (χ1v) is 11.8. The Labute approximate surface area is 209 Å². The predicted molar refractivity (Wildman–Crippen MR) is 136 cm³/mol. The van der Waals surface area contributed by atoms with Crippen LogP contribution in [0.3, 0.4) is 0 Å². The number of nitrogens with zero attached hydrogens (tertiary/aromatic N) is 5. The molecule has 12 heteroatoms. The normalized spacial score (nSPS) is 16.9. The van der Waals surface area contributed by atoms with Gasteiger partial charge in [0.1, 0.15) is 11.5 Å². The van der Waals surface area contributed by atoms with E-state index < -0.39 is 9.85 Å². The number of carbonyl (C=O) groups is 1. The number of aliphatic imine (C=N–C) groups is 1. The minimum atomic E-state index is -0.464. The van der Waals surface area contributed by atoms with E-state index in [1.54, 1.807) is 48.5 Å². The van der Waals surface area contributed by atoms with E-state index in [1.165, 1.54) is 30.0 Å². The van der Waals surface area contributed by atoms with Gasteiger partial charge < -0.3 is 14.2 Å². The number of nitro benzene ring substituents is 2. The quantitative estimate of drug-likeness (QED) is 0.278. The molecule has 182 valence electrons. The highest BCUT2D eigenvalue weighted by atomic mass is 32.2. The van der Waals surface area contributed by atoms with E-state index in [2.05, 4.69) is 9.89 Å². The van der Waals surface area contributed by atoms with Crippen LogP contribution in [-0.4, -0.2) is 52.0 Å². The molecule has 1 aromatic heterocycles. The van der Waals surface area contributed by atoms with Gasteiger partial charge in [-0.05, 0) is 42.1 Å². The molecule has 1 fully saturated rings. The van der Waals surface area contributed by atoms with Crippen LogP contribution in [0.1, 0.15) is 5.76 Å². The minimum absolute atomic E-state index is 0.0533. The maximum absolute atomic E-state index is 12.5. The molecule has 3 aromatic rings. The van der Waals surface area contributed by atoms with Crippen molar-refractivity contribution in [3.63, 3.8) is 0 Å². The highest BCUT2D eigenvalue weighted by Gasteiger charge is 2.29. The molecule has 0 unspecified atom stereocenters. The molecule has 2 aliphatic rings. The van der Waals surface area contributed by atoms with E-state index in [-0.39, 0.29) is 17.3 Å². The van der Waals surface area contributed by atoms with Gasteiger partial charge in [-0.15, -0.1) is 0 Å². The summed E-state index contributed by atoms with van der Waals surface area (Å²) in [5.41, 5.74) is 1.26. The topological polar surface area (TPSA) is 135 Å². The first kappa shape index (κ1) is 23.3. The number of carbonyl (C=O) groups excluding carboxylic acids is 1. The average Bonchev–Trinajstić information content (AvgIpc) is 3.51. The molecule has 2 aliphatic heterocycles. The molecule has 1 saturated heterocycles. The first-order chi connectivity index (χ1) is 17.4. The molecule has 3 heterocycles. The van der Waals surface area contributed by atoms with Crippen LogP contribution in [0.25, 0.3) is 17.4 Å². The number of hydrogen-bond acceptors (Lipinski definition) is 9.